The Balaban J connectivity index is 1.69. The van der Waals surface area contributed by atoms with Crippen LogP contribution in [0.5, 0.6) is 0 Å². The van der Waals surface area contributed by atoms with Crippen molar-refractivity contribution < 1.29 is 5.11 Å². The van der Waals surface area contributed by atoms with Crippen LogP contribution in [0.15, 0.2) is 28.9 Å². The van der Waals surface area contributed by atoms with Crippen LogP contribution in [0.25, 0.3) is 0 Å². The van der Waals surface area contributed by atoms with E-state index < -0.39 is 6.10 Å². The second-order valence-electron chi connectivity index (χ2n) is 6.42. The van der Waals surface area contributed by atoms with Crippen molar-refractivity contribution in [2.45, 2.75) is 50.7 Å². The van der Waals surface area contributed by atoms with Crippen LogP contribution >= 0.6 is 15.9 Å². The molecule has 0 aliphatic heterocycles. The van der Waals surface area contributed by atoms with Crippen molar-refractivity contribution in [3.05, 3.63) is 51.4 Å². The molecule has 4 nitrogen and oxygen atoms in total. The summed E-state index contributed by atoms with van der Waals surface area (Å²) in [7, 11) is 0. The molecule has 2 aliphatic rings. The predicted molar refractivity (Wildman–Crippen MR) is 93.6 cm³/mol. The molecule has 2 aliphatic carbocycles. The van der Waals surface area contributed by atoms with Crippen LogP contribution in [-0.4, -0.2) is 21.2 Å². The fourth-order valence-electron chi connectivity index (χ4n) is 3.33. The monoisotopic (exact) mass is 373 g/mol. The van der Waals surface area contributed by atoms with Crippen molar-refractivity contribution in [1.82, 2.24) is 9.97 Å². The summed E-state index contributed by atoms with van der Waals surface area (Å²) in [6, 6.07) is 8.11. The van der Waals surface area contributed by atoms with Gasteiger partial charge in [0.25, 0.3) is 0 Å². The third-order valence-corrected chi connectivity index (χ3v) is 5.33. The largest absolute Gasteiger partial charge is 0.390 e. The maximum atomic E-state index is 10.5. The van der Waals surface area contributed by atoms with E-state index >= 15 is 0 Å². The van der Waals surface area contributed by atoms with Crippen molar-refractivity contribution in [2.24, 2.45) is 0 Å². The second kappa shape index (κ2) is 5.87. The van der Waals surface area contributed by atoms with Crippen LogP contribution in [0.4, 0.5) is 5.82 Å². The molecule has 2 unspecified atom stereocenters. The van der Waals surface area contributed by atoms with Gasteiger partial charge in [0.1, 0.15) is 10.4 Å². The topological polar surface area (TPSA) is 58.0 Å². The highest BCUT2D eigenvalue weighted by Gasteiger charge is 2.33. The van der Waals surface area contributed by atoms with Gasteiger partial charge in [0.05, 0.1) is 23.5 Å². The molecule has 2 N–H and O–H groups in total. The molecule has 1 heterocycles. The average Bonchev–Trinajstić information content (AvgIpc) is 3.34. The lowest BCUT2D eigenvalue weighted by atomic mass is 10.1. The lowest BCUT2D eigenvalue weighted by Crippen LogP contribution is -2.23. The van der Waals surface area contributed by atoms with E-state index in [0.29, 0.717) is 12.3 Å². The van der Waals surface area contributed by atoms with Gasteiger partial charge in [-0.2, -0.15) is 0 Å². The Bertz CT molecular complexity index is 745. The Morgan fingerprint density at radius 2 is 2.04 bits per heavy atom. The number of hydrogen-bond acceptors (Lipinski definition) is 4. The van der Waals surface area contributed by atoms with Gasteiger partial charge in [-0.1, -0.05) is 31.2 Å². The van der Waals surface area contributed by atoms with Gasteiger partial charge >= 0.3 is 0 Å². The molecule has 0 radical (unpaired) electrons. The molecule has 120 valence electrons. The quantitative estimate of drug-likeness (QED) is 0.856. The van der Waals surface area contributed by atoms with Gasteiger partial charge in [0.15, 0.2) is 0 Å². The number of halogens is 1. The minimum absolute atomic E-state index is 0.112. The minimum Gasteiger partial charge on any atom is -0.390 e. The molecule has 0 bridgehead atoms. The van der Waals surface area contributed by atoms with E-state index in [4.69, 9.17) is 4.98 Å². The Morgan fingerprint density at radius 1 is 1.26 bits per heavy atom. The highest BCUT2D eigenvalue weighted by Crippen LogP contribution is 2.43. The molecule has 0 spiro atoms. The molecule has 2 aromatic rings. The van der Waals surface area contributed by atoms with Crippen molar-refractivity contribution in [2.75, 3.05) is 5.32 Å². The SMILES string of the molecule is CCc1nc(Br)c(C2CC2)nc1NC1c2ccccc2CC1O. The first-order valence-electron chi connectivity index (χ1n) is 8.26. The highest BCUT2D eigenvalue weighted by atomic mass is 79.9. The van der Waals surface area contributed by atoms with Crippen molar-refractivity contribution in [1.29, 1.82) is 0 Å². The van der Waals surface area contributed by atoms with Gasteiger partial charge in [-0.15, -0.1) is 0 Å². The van der Waals surface area contributed by atoms with E-state index in [0.717, 1.165) is 28.2 Å². The van der Waals surface area contributed by atoms with Crippen LogP contribution < -0.4 is 5.32 Å². The lowest BCUT2D eigenvalue weighted by molar-refractivity contribution is 0.165. The fraction of sp³-hybridized carbons (Fsp3) is 0.444. The van der Waals surface area contributed by atoms with Crippen LogP contribution in [0, 0.1) is 0 Å². The zero-order chi connectivity index (χ0) is 16.0. The Hall–Kier alpha value is -1.46. The summed E-state index contributed by atoms with van der Waals surface area (Å²) in [5.41, 5.74) is 4.37. The third-order valence-electron chi connectivity index (χ3n) is 4.75. The Labute approximate surface area is 144 Å². The van der Waals surface area contributed by atoms with Crippen LogP contribution in [0.3, 0.4) is 0 Å². The third kappa shape index (κ3) is 2.76. The number of anilines is 1. The molecule has 4 rings (SSSR count). The number of aliphatic hydroxyl groups is 1. The first-order valence-corrected chi connectivity index (χ1v) is 9.05. The number of rotatable bonds is 4. The molecule has 23 heavy (non-hydrogen) atoms. The van der Waals surface area contributed by atoms with E-state index in [1.54, 1.807) is 0 Å². The number of aryl methyl sites for hydroxylation is 1. The molecule has 1 aromatic carbocycles. The number of fused-ring (bicyclic) bond motifs is 1. The summed E-state index contributed by atoms with van der Waals surface area (Å²) in [5.74, 6) is 1.35. The predicted octanol–water partition coefficient (Wildman–Crippen LogP) is 3.75. The molecular weight excluding hydrogens is 354 g/mol. The number of aliphatic hydroxyl groups excluding tert-OH is 1. The maximum Gasteiger partial charge on any atom is 0.148 e. The molecule has 5 heteroatoms. The van der Waals surface area contributed by atoms with Gasteiger partial charge < -0.3 is 10.4 Å². The lowest BCUT2D eigenvalue weighted by Gasteiger charge is -2.21. The standard InChI is InChI=1S/C18H20BrN3O/c1-2-13-18(21-15(10-7-8-10)17(19)20-13)22-16-12-6-4-3-5-11(12)9-14(16)23/h3-6,10,14,16,23H,2,7-9H2,1H3,(H,21,22). The van der Waals surface area contributed by atoms with Crippen LogP contribution in [0.1, 0.15) is 54.2 Å². The van der Waals surface area contributed by atoms with E-state index in [1.807, 2.05) is 12.1 Å². The Kier molecular flexibility index (Phi) is 3.85. The van der Waals surface area contributed by atoms with Crippen molar-refractivity contribution >= 4 is 21.7 Å². The normalized spacial score (nSPS) is 22.9. The van der Waals surface area contributed by atoms with Crippen LogP contribution in [-0.2, 0) is 12.8 Å². The smallest absolute Gasteiger partial charge is 0.148 e. The molecule has 0 amide bonds. The minimum atomic E-state index is -0.424. The average molecular weight is 374 g/mol. The summed E-state index contributed by atoms with van der Waals surface area (Å²) in [5, 5.41) is 13.9. The van der Waals surface area contributed by atoms with Gasteiger partial charge in [-0.05, 0) is 46.3 Å². The van der Waals surface area contributed by atoms with E-state index in [-0.39, 0.29) is 6.04 Å². The molecule has 1 aromatic heterocycles. The van der Waals surface area contributed by atoms with Crippen molar-refractivity contribution in [3.8, 4) is 0 Å². The van der Waals surface area contributed by atoms with Crippen molar-refractivity contribution in [3.63, 3.8) is 0 Å². The summed E-state index contributed by atoms with van der Waals surface area (Å²) in [4.78, 5) is 9.53. The highest BCUT2D eigenvalue weighted by molar-refractivity contribution is 9.10. The first kappa shape index (κ1) is 15.1. The zero-order valence-corrected chi connectivity index (χ0v) is 14.7. The van der Waals surface area contributed by atoms with E-state index in [9.17, 15) is 5.11 Å². The maximum absolute atomic E-state index is 10.5. The molecule has 2 atom stereocenters. The van der Waals surface area contributed by atoms with E-state index in [2.05, 4.69) is 45.3 Å². The molecular formula is C18H20BrN3O. The number of hydrogen-bond donors (Lipinski definition) is 2. The second-order valence-corrected chi connectivity index (χ2v) is 7.17. The molecule has 1 fully saturated rings. The van der Waals surface area contributed by atoms with Gasteiger partial charge in [0.2, 0.25) is 0 Å². The van der Waals surface area contributed by atoms with Crippen LogP contribution in [0.2, 0.25) is 0 Å². The van der Waals surface area contributed by atoms with Gasteiger partial charge in [0, 0.05) is 12.3 Å². The number of aromatic nitrogens is 2. The number of nitrogens with one attached hydrogen (secondary N) is 1. The molecule has 0 saturated heterocycles. The summed E-state index contributed by atoms with van der Waals surface area (Å²) in [6.45, 7) is 2.08. The Morgan fingerprint density at radius 3 is 2.78 bits per heavy atom. The fourth-order valence-corrected chi connectivity index (χ4v) is 3.96. The summed E-state index contributed by atoms with van der Waals surface area (Å²) >= 11 is 3.56. The number of benzene rings is 1. The van der Waals surface area contributed by atoms with E-state index in [1.165, 1.54) is 24.0 Å². The summed E-state index contributed by atoms with van der Waals surface area (Å²) < 4.78 is 0.870. The summed E-state index contributed by atoms with van der Waals surface area (Å²) in [6.07, 6.45) is 3.45. The zero-order valence-electron chi connectivity index (χ0n) is 13.1. The first-order chi connectivity index (χ1) is 11.2. The van der Waals surface area contributed by atoms with Gasteiger partial charge in [-0.25, -0.2) is 9.97 Å². The number of nitrogens with zero attached hydrogens (tertiary/aromatic N) is 2. The van der Waals surface area contributed by atoms with Gasteiger partial charge in [-0.3, -0.25) is 0 Å². The molecule has 1 saturated carbocycles.